The van der Waals surface area contributed by atoms with E-state index in [0.717, 1.165) is 33.7 Å². The van der Waals surface area contributed by atoms with Crippen LogP contribution in [-0.4, -0.2) is 9.97 Å². The molecule has 0 fully saturated rings. The molecular formula is C12H16ClN5S. The number of hydrazine groups is 1. The second kappa shape index (κ2) is 6.70. The predicted octanol–water partition coefficient (Wildman–Crippen LogP) is 3.04. The quantitative estimate of drug-likeness (QED) is 0.564. The molecule has 102 valence electrons. The number of nitrogen functional groups attached to an aromatic ring is 1. The number of hydrogen-bond donors (Lipinski definition) is 3. The van der Waals surface area contributed by atoms with Crippen molar-refractivity contribution < 1.29 is 0 Å². The van der Waals surface area contributed by atoms with Crippen LogP contribution in [0.5, 0.6) is 0 Å². The van der Waals surface area contributed by atoms with Gasteiger partial charge in [-0.3, -0.25) is 0 Å². The predicted molar refractivity (Wildman–Crippen MR) is 80.5 cm³/mol. The van der Waals surface area contributed by atoms with E-state index in [1.54, 1.807) is 17.4 Å². The Morgan fingerprint density at radius 2 is 2.11 bits per heavy atom. The van der Waals surface area contributed by atoms with Crippen molar-refractivity contribution in [1.82, 2.24) is 9.97 Å². The van der Waals surface area contributed by atoms with Crippen LogP contribution in [0.25, 0.3) is 0 Å². The zero-order valence-corrected chi connectivity index (χ0v) is 12.2. The lowest BCUT2D eigenvalue weighted by Gasteiger charge is -2.08. The van der Waals surface area contributed by atoms with Crippen LogP contribution in [0.3, 0.4) is 0 Å². The summed E-state index contributed by atoms with van der Waals surface area (Å²) < 4.78 is 0.787. The number of nitrogens with two attached hydrogens (primary N) is 1. The minimum absolute atomic E-state index is 0.616. The van der Waals surface area contributed by atoms with Gasteiger partial charge in [0.1, 0.15) is 17.5 Å². The van der Waals surface area contributed by atoms with Gasteiger partial charge in [0, 0.05) is 17.4 Å². The molecule has 0 aliphatic heterocycles. The Labute approximate surface area is 121 Å². The molecule has 19 heavy (non-hydrogen) atoms. The molecule has 2 aromatic rings. The van der Waals surface area contributed by atoms with Crippen molar-refractivity contribution in [1.29, 1.82) is 0 Å². The highest BCUT2D eigenvalue weighted by Gasteiger charge is 2.04. The van der Waals surface area contributed by atoms with Gasteiger partial charge in [-0.2, -0.15) is 0 Å². The van der Waals surface area contributed by atoms with Gasteiger partial charge in [-0.05, 0) is 18.6 Å². The van der Waals surface area contributed by atoms with E-state index in [4.69, 9.17) is 17.4 Å². The van der Waals surface area contributed by atoms with Crippen LogP contribution >= 0.6 is 22.9 Å². The molecule has 0 aliphatic carbocycles. The van der Waals surface area contributed by atoms with E-state index in [2.05, 4.69) is 27.6 Å². The summed E-state index contributed by atoms with van der Waals surface area (Å²) in [4.78, 5) is 9.90. The molecule has 2 rings (SSSR count). The zero-order chi connectivity index (χ0) is 13.7. The molecule has 0 saturated heterocycles. The molecule has 0 unspecified atom stereocenters. The van der Waals surface area contributed by atoms with Gasteiger partial charge in [0.25, 0.3) is 0 Å². The van der Waals surface area contributed by atoms with E-state index in [1.165, 1.54) is 0 Å². The van der Waals surface area contributed by atoms with E-state index < -0.39 is 0 Å². The van der Waals surface area contributed by atoms with E-state index in [1.807, 2.05) is 12.1 Å². The van der Waals surface area contributed by atoms with Crippen LogP contribution in [0.15, 0.2) is 18.2 Å². The first kappa shape index (κ1) is 14.0. The molecule has 2 aromatic heterocycles. The number of halogens is 1. The average Bonchev–Trinajstić information content (AvgIpc) is 2.82. The number of nitrogens with one attached hydrogen (secondary N) is 2. The molecular weight excluding hydrogens is 282 g/mol. The summed E-state index contributed by atoms with van der Waals surface area (Å²) in [5.74, 6) is 7.57. The molecule has 7 heteroatoms. The molecule has 0 radical (unpaired) electrons. The zero-order valence-electron chi connectivity index (χ0n) is 10.6. The van der Waals surface area contributed by atoms with Crippen molar-refractivity contribution in [2.45, 2.75) is 26.3 Å². The number of nitrogens with zero attached hydrogens (tertiary/aromatic N) is 2. The van der Waals surface area contributed by atoms with E-state index in [-0.39, 0.29) is 0 Å². The third-order valence-electron chi connectivity index (χ3n) is 2.47. The molecule has 0 saturated carbocycles. The lowest BCUT2D eigenvalue weighted by Crippen LogP contribution is -2.12. The number of aryl methyl sites for hydroxylation is 1. The van der Waals surface area contributed by atoms with E-state index >= 15 is 0 Å². The number of anilines is 2. The summed E-state index contributed by atoms with van der Waals surface area (Å²) in [5, 5.41) is 3.25. The molecule has 2 heterocycles. The number of thiophene rings is 1. The van der Waals surface area contributed by atoms with Crippen molar-refractivity contribution >= 4 is 34.6 Å². The van der Waals surface area contributed by atoms with Crippen LogP contribution in [0.1, 0.15) is 24.0 Å². The van der Waals surface area contributed by atoms with Crippen molar-refractivity contribution in [2.75, 3.05) is 10.7 Å². The summed E-state index contributed by atoms with van der Waals surface area (Å²) >= 11 is 7.45. The minimum atomic E-state index is 0.616. The Hall–Kier alpha value is -1.37. The summed E-state index contributed by atoms with van der Waals surface area (Å²) in [7, 11) is 0. The van der Waals surface area contributed by atoms with Crippen molar-refractivity contribution in [2.24, 2.45) is 5.84 Å². The number of aromatic nitrogens is 2. The minimum Gasteiger partial charge on any atom is -0.365 e. The van der Waals surface area contributed by atoms with Gasteiger partial charge < -0.3 is 10.7 Å². The fraction of sp³-hybridized carbons (Fsp3) is 0.333. The smallest absolute Gasteiger partial charge is 0.145 e. The molecule has 0 aromatic carbocycles. The summed E-state index contributed by atoms with van der Waals surface area (Å²) in [6.07, 6.45) is 1.82. The standard InChI is InChI=1S/C12H16ClN5S/c1-2-3-10-16-11(6-12(17-10)18-14)15-7-8-4-5-9(13)19-8/h4-6H,2-3,7,14H2,1H3,(H2,15,16,17,18). The van der Waals surface area contributed by atoms with Gasteiger partial charge in [0.15, 0.2) is 0 Å². The maximum absolute atomic E-state index is 5.89. The Morgan fingerprint density at radius 1 is 1.32 bits per heavy atom. The molecule has 4 N–H and O–H groups in total. The molecule has 0 amide bonds. The molecule has 0 atom stereocenters. The fourth-order valence-corrected chi connectivity index (χ4v) is 2.65. The molecule has 0 spiro atoms. The Kier molecular flexibility index (Phi) is 4.95. The van der Waals surface area contributed by atoms with Gasteiger partial charge in [-0.25, -0.2) is 15.8 Å². The van der Waals surface area contributed by atoms with Crippen molar-refractivity contribution in [3.63, 3.8) is 0 Å². The largest absolute Gasteiger partial charge is 0.365 e. The normalized spacial score (nSPS) is 10.5. The van der Waals surface area contributed by atoms with Crippen LogP contribution in [-0.2, 0) is 13.0 Å². The third kappa shape index (κ3) is 4.05. The number of rotatable bonds is 6. The SMILES string of the molecule is CCCc1nc(NN)cc(NCc2ccc(Cl)s2)n1. The molecule has 0 bridgehead atoms. The highest BCUT2D eigenvalue weighted by Crippen LogP contribution is 2.22. The Morgan fingerprint density at radius 3 is 2.74 bits per heavy atom. The van der Waals surface area contributed by atoms with Crippen LogP contribution < -0.4 is 16.6 Å². The first-order valence-electron chi connectivity index (χ1n) is 6.04. The highest BCUT2D eigenvalue weighted by atomic mass is 35.5. The van der Waals surface area contributed by atoms with Gasteiger partial charge in [0.2, 0.25) is 0 Å². The van der Waals surface area contributed by atoms with Gasteiger partial charge in [-0.15, -0.1) is 11.3 Å². The van der Waals surface area contributed by atoms with Gasteiger partial charge in [-0.1, -0.05) is 18.5 Å². The first-order chi connectivity index (χ1) is 9.21. The van der Waals surface area contributed by atoms with Gasteiger partial charge in [0.05, 0.1) is 10.9 Å². The van der Waals surface area contributed by atoms with Crippen molar-refractivity contribution in [3.05, 3.63) is 33.2 Å². The lowest BCUT2D eigenvalue weighted by atomic mass is 10.3. The van der Waals surface area contributed by atoms with Gasteiger partial charge >= 0.3 is 0 Å². The lowest BCUT2D eigenvalue weighted by molar-refractivity contribution is 0.834. The maximum atomic E-state index is 5.89. The summed E-state index contributed by atoms with van der Waals surface area (Å²) in [6, 6.07) is 5.67. The van der Waals surface area contributed by atoms with Crippen LogP contribution in [0.4, 0.5) is 11.6 Å². The monoisotopic (exact) mass is 297 g/mol. The second-order valence-corrected chi connectivity index (χ2v) is 5.81. The van der Waals surface area contributed by atoms with Crippen LogP contribution in [0.2, 0.25) is 4.34 Å². The maximum Gasteiger partial charge on any atom is 0.145 e. The molecule has 0 aliphatic rings. The highest BCUT2D eigenvalue weighted by molar-refractivity contribution is 7.16. The van der Waals surface area contributed by atoms with Crippen molar-refractivity contribution in [3.8, 4) is 0 Å². The Balaban J connectivity index is 2.08. The first-order valence-corrected chi connectivity index (χ1v) is 7.23. The third-order valence-corrected chi connectivity index (χ3v) is 3.70. The van der Waals surface area contributed by atoms with E-state index in [0.29, 0.717) is 12.4 Å². The molecule has 5 nitrogen and oxygen atoms in total. The average molecular weight is 298 g/mol. The fourth-order valence-electron chi connectivity index (χ4n) is 1.62. The topological polar surface area (TPSA) is 75.9 Å². The Bertz CT molecular complexity index is 543. The second-order valence-electron chi connectivity index (χ2n) is 4.01. The number of hydrogen-bond acceptors (Lipinski definition) is 6. The summed E-state index contributed by atoms with van der Waals surface area (Å²) in [5.41, 5.74) is 2.56. The summed E-state index contributed by atoms with van der Waals surface area (Å²) in [6.45, 7) is 2.77. The van der Waals surface area contributed by atoms with Crippen LogP contribution in [0, 0.1) is 0 Å². The van der Waals surface area contributed by atoms with E-state index in [9.17, 15) is 0 Å².